The van der Waals surface area contributed by atoms with Crippen LogP contribution < -0.4 is 10.9 Å². The number of hydrogen-bond acceptors (Lipinski definition) is 7. The predicted octanol–water partition coefficient (Wildman–Crippen LogP) is 3.01. The van der Waals surface area contributed by atoms with Crippen LogP contribution in [0.15, 0.2) is 11.1 Å². The fourth-order valence-electron chi connectivity index (χ4n) is 2.27. The Balaban J connectivity index is 1.96. The quantitative estimate of drug-likeness (QED) is 0.769. The summed E-state index contributed by atoms with van der Waals surface area (Å²) < 4.78 is 1.53. The number of fused-ring (bicyclic) bond motifs is 1. The fourth-order valence-corrected chi connectivity index (χ4v) is 4.05. The van der Waals surface area contributed by atoms with E-state index in [0.29, 0.717) is 32.3 Å². The van der Waals surface area contributed by atoms with Gasteiger partial charge in [-0.3, -0.25) is 19.5 Å². The number of nitrogens with one attached hydrogen (secondary N) is 1. The van der Waals surface area contributed by atoms with Gasteiger partial charge in [-0.25, -0.2) is 4.98 Å². The molecule has 0 aliphatic heterocycles. The van der Waals surface area contributed by atoms with Crippen molar-refractivity contribution < 1.29 is 4.79 Å². The molecule has 7 nitrogen and oxygen atoms in total. The number of nitrogens with zero attached hydrogens (tertiary/aromatic N) is 4. The van der Waals surface area contributed by atoms with Crippen LogP contribution in [0.3, 0.4) is 0 Å². The minimum Gasteiger partial charge on any atom is -0.299 e. The van der Waals surface area contributed by atoms with E-state index in [4.69, 9.17) is 0 Å². The second kappa shape index (κ2) is 6.40. The second-order valence-electron chi connectivity index (χ2n) is 5.63. The summed E-state index contributed by atoms with van der Waals surface area (Å²) in [6.07, 6.45) is 1.52. The maximum absolute atomic E-state index is 12.6. The Kier molecular flexibility index (Phi) is 4.46. The molecule has 0 aliphatic rings. The third kappa shape index (κ3) is 2.84. The third-order valence-electron chi connectivity index (χ3n) is 3.62. The molecule has 1 amide bonds. The highest BCUT2D eigenvalue weighted by atomic mass is 32.1. The van der Waals surface area contributed by atoms with Crippen LogP contribution in [0.2, 0.25) is 0 Å². The molecular formula is C15H17N5O2S2. The van der Waals surface area contributed by atoms with Crippen LogP contribution in [-0.4, -0.2) is 25.7 Å². The smallest absolute Gasteiger partial charge is 0.267 e. The van der Waals surface area contributed by atoms with Crippen molar-refractivity contribution in [2.75, 3.05) is 5.32 Å². The van der Waals surface area contributed by atoms with Gasteiger partial charge in [0.2, 0.25) is 5.13 Å². The second-order valence-corrected chi connectivity index (χ2v) is 7.63. The lowest BCUT2D eigenvalue weighted by atomic mass is 10.2. The Morgan fingerprint density at radius 1 is 1.33 bits per heavy atom. The normalized spacial score (nSPS) is 11.4. The van der Waals surface area contributed by atoms with Gasteiger partial charge in [0, 0.05) is 12.5 Å². The summed E-state index contributed by atoms with van der Waals surface area (Å²) >= 11 is 2.57. The minimum absolute atomic E-state index is 0.117. The van der Waals surface area contributed by atoms with Gasteiger partial charge in [0.05, 0.1) is 16.6 Å². The number of rotatable bonds is 4. The third-order valence-corrected chi connectivity index (χ3v) is 5.96. The monoisotopic (exact) mass is 363 g/mol. The highest BCUT2D eigenvalue weighted by Crippen LogP contribution is 2.28. The SMILES string of the molecule is CCn1cnc2sc(C(=O)Nc3nnc(C(C)C)s3)c(C)c2c1=O. The highest BCUT2D eigenvalue weighted by molar-refractivity contribution is 7.21. The first-order valence-corrected chi connectivity index (χ1v) is 9.19. The molecule has 3 aromatic rings. The van der Waals surface area contributed by atoms with Crippen molar-refractivity contribution in [2.24, 2.45) is 0 Å². The van der Waals surface area contributed by atoms with Gasteiger partial charge in [-0.1, -0.05) is 25.2 Å². The van der Waals surface area contributed by atoms with Crippen molar-refractivity contribution in [2.45, 2.75) is 40.2 Å². The molecule has 3 rings (SSSR count). The Hall–Kier alpha value is -2.13. The largest absolute Gasteiger partial charge is 0.299 e. The zero-order chi connectivity index (χ0) is 17.4. The van der Waals surface area contributed by atoms with E-state index in [0.717, 1.165) is 5.01 Å². The van der Waals surface area contributed by atoms with Gasteiger partial charge in [-0.15, -0.1) is 21.5 Å². The van der Waals surface area contributed by atoms with Crippen LogP contribution in [-0.2, 0) is 6.54 Å². The maximum atomic E-state index is 12.6. The van der Waals surface area contributed by atoms with Gasteiger partial charge in [0.1, 0.15) is 9.84 Å². The Bertz CT molecular complexity index is 970. The number of anilines is 1. The van der Waals surface area contributed by atoms with Crippen molar-refractivity contribution in [3.63, 3.8) is 0 Å². The Morgan fingerprint density at radius 3 is 2.71 bits per heavy atom. The zero-order valence-corrected chi connectivity index (χ0v) is 15.4. The summed E-state index contributed by atoms with van der Waals surface area (Å²) in [6.45, 7) is 8.24. The lowest BCUT2D eigenvalue weighted by Gasteiger charge is -2.01. The Labute approximate surface area is 146 Å². The molecule has 3 aromatic heterocycles. The fraction of sp³-hybridized carbons (Fsp3) is 0.400. The van der Waals surface area contributed by atoms with Crippen LogP contribution in [0.25, 0.3) is 10.2 Å². The standard InChI is InChI=1S/C15H17N5O2S2/c1-5-20-6-16-13-9(14(20)22)8(4)10(23-13)11(21)17-15-19-18-12(24-15)7(2)3/h6-7H,5H2,1-4H3,(H,17,19,21). The van der Waals surface area contributed by atoms with Crippen LogP contribution >= 0.6 is 22.7 Å². The van der Waals surface area contributed by atoms with Crippen molar-refractivity contribution in [1.82, 2.24) is 19.7 Å². The minimum atomic E-state index is -0.288. The average Bonchev–Trinajstić information content (AvgIpc) is 3.13. The highest BCUT2D eigenvalue weighted by Gasteiger charge is 2.20. The van der Waals surface area contributed by atoms with E-state index < -0.39 is 0 Å². The van der Waals surface area contributed by atoms with E-state index in [1.54, 1.807) is 6.92 Å². The summed E-state index contributed by atoms with van der Waals surface area (Å²) in [5.41, 5.74) is 0.537. The maximum Gasteiger partial charge on any atom is 0.267 e. The van der Waals surface area contributed by atoms with E-state index in [2.05, 4.69) is 20.5 Å². The molecule has 126 valence electrons. The van der Waals surface area contributed by atoms with Crippen LogP contribution in [0, 0.1) is 6.92 Å². The molecule has 0 bridgehead atoms. The van der Waals surface area contributed by atoms with Crippen molar-refractivity contribution >= 4 is 43.9 Å². The molecule has 0 aliphatic carbocycles. The van der Waals surface area contributed by atoms with E-state index >= 15 is 0 Å². The predicted molar refractivity (Wildman–Crippen MR) is 96.2 cm³/mol. The molecule has 9 heteroatoms. The van der Waals surface area contributed by atoms with E-state index in [1.165, 1.54) is 33.6 Å². The first-order valence-electron chi connectivity index (χ1n) is 7.55. The Morgan fingerprint density at radius 2 is 2.08 bits per heavy atom. The molecule has 24 heavy (non-hydrogen) atoms. The first kappa shape index (κ1) is 16.7. The molecule has 0 saturated heterocycles. The molecule has 1 N–H and O–H groups in total. The molecule has 0 spiro atoms. The number of hydrogen-bond donors (Lipinski definition) is 1. The molecule has 0 atom stereocenters. The molecule has 0 fully saturated rings. The van der Waals surface area contributed by atoms with Gasteiger partial charge in [0.15, 0.2) is 0 Å². The lowest BCUT2D eigenvalue weighted by Crippen LogP contribution is -2.19. The number of aryl methyl sites for hydroxylation is 2. The molecular weight excluding hydrogens is 346 g/mol. The number of carbonyl (C=O) groups excluding carboxylic acids is 1. The van der Waals surface area contributed by atoms with Gasteiger partial charge in [0.25, 0.3) is 11.5 Å². The van der Waals surface area contributed by atoms with E-state index in [-0.39, 0.29) is 17.4 Å². The summed E-state index contributed by atoms with van der Waals surface area (Å²) in [5, 5.41) is 12.6. The van der Waals surface area contributed by atoms with Crippen LogP contribution in [0.1, 0.15) is 46.9 Å². The number of carbonyl (C=O) groups is 1. The van der Waals surface area contributed by atoms with E-state index in [1.807, 2.05) is 20.8 Å². The molecule has 0 saturated carbocycles. The zero-order valence-electron chi connectivity index (χ0n) is 13.8. The van der Waals surface area contributed by atoms with Crippen LogP contribution in [0.5, 0.6) is 0 Å². The summed E-state index contributed by atoms with van der Waals surface area (Å²) in [4.78, 5) is 30.3. The van der Waals surface area contributed by atoms with Crippen molar-refractivity contribution in [3.8, 4) is 0 Å². The molecule has 3 heterocycles. The lowest BCUT2D eigenvalue weighted by molar-refractivity contribution is 0.103. The molecule has 0 radical (unpaired) electrons. The molecule has 0 aromatic carbocycles. The topological polar surface area (TPSA) is 89.8 Å². The summed E-state index contributed by atoms with van der Waals surface area (Å²) in [7, 11) is 0. The summed E-state index contributed by atoms with van der Waals surface area (Å²) in [6, 6.07) is 0. The number of thiophene rings is 1. The molecule has 0 unspecified atom stereocenters. The van der Waals surface area contributed by atoms with Gasteiger partial charge in [-0.2, -0.15) is 0 Å². The van der Waals surface area contributed by atoms with Gasteiger partial charge >= 0.3 is 0 Å². The number of amides is 1. The van der Waals surface area contributed by atoms with E-state index in [9.17, 15) is 9.59 Å². The summed E-state index contributed by atoms with van der Waals surface area (Å²) in [5.74, 6) is -0.0275. The van der Waals surface area contributed by atoms with Crippen molar-refractivity contribution in [1.29, 1.82) is 0 Å². The van der Waals surface area contributed by atoms with Gasteiger partial charge < -0.3 is 0 Å². The first-order chi connectivity index (χ1) is 11.4. The van der Waals surface area contributed by atoms with Crippen molar-refractivity contribution in [3.05, 3.63) is 32.1 Å². The average molecular weight is 363 g/mol. The van der Waals surface area contributed by atoms with Crippen LogP contribution in [0.4, 0.5) is 5.13 Å². The van der Waals surface area contributed by atoms with Gasteiger partial charge in [-0.05, 0) is 19.4 Å². The number of aromatic nitrogens is 4.